The molecule has 1 fully saturated rings. The maximum Gasteiger partial charge on any atom is 0.127 e. The number of rotatable bonds is 2. The number of nitrogens with zero attached hydrogens (tertiary/aromatic N) is 3. The molecule has 0 amide bonds. The number of para-hydroxylation sites is 1. The molecule has 3 atom stereocenters. The largest absolute Gasteiger partial charge is 0.323 e. The Hall–Kier alpha value is -1.06. The smallest absolute Gasteiger partial charge is 0.127 e. The van der Waals surface area contributed by atoms with Crippen LogP contribution in [-0.2, 0) is 0 Å². The number of imidazole rings is 1. The van der Waals surface area contributed by atoms with Crippen LogP contribution < -0.4 is 0 Å². The first-order valence-corrected chi connectivity index (χ1v) is 8.22. The summed E-state index contributed by atoms with van der Waals surface area (Å²) in [5, 5.41) is -0.0661. The molecular formula is C17H24ClN3. The van der Waals surface area contributed by atoms with E-state index in [1.165, 1.54) is 11.1 Å². The molecule has 4 heteroatoms. The Morgan fingerprint density at radius 1 is 1.38 bits per heavy atom. The lowest BCUT2D eigenvalue weighted by molar-refractivity contribution is 0.159. The third kappa shape index (κ3) is 2.58. The van der Waals surface area contributed by atoms with E-state index in [0.717, 1.165) is 30.9 Å². The molecule has 0 aliphatic carbocycles. The maximum atomic E-state index is 6.43. The van der Waals surface area contributed by atoms with E-state index in [2.05, 4.69) is 48.6 Å². The molecule has 3 rings (SSSR count). The SMILES string of the molecule is Cc1cccc2nc(C(C)Cl)n(C3CCN(C)CC3C)c12. The number of likely N-dealkylation sites (tertiary alicyclic amines) is 1. The van der Waals surface area contributed by atoms with Gasteiger partial charge >= 0.3 is 0 Å². The summed E-state index contributed by atoms with van der Waals surface area (Å²) in [6.07, 6.45) is 1.16. The minimum absolute atomic E-state index is 0.0661. The first-order valence-electron chi connectivity index (χ1n) is 7.79. The molecule has 0 spiro atoms. The Morgan fingerprint density at radius 3 is 2.81 bits per heavy atom. The molecule has 1 saturated heterocycles. The average Bonchev–Trinajstić information content (AvgIpc) is 2.80. The van der Waals surface area contributed by atoms with Gasteiger partial charge in [-0.15, -0.1) is 11.6 Å². The van der Waals surface area contributed by atoms with Crippen LogP contribution in [0.3, 0.4) is 0 Å². The number of fused-ring (bicyclic) bond motifs is 1. The van der Waals surface area contributed by atoms with Gasteiger partial charge in [-0.1, -0.05) is 19.1 Å². The summed E-state index contributed by atoms with van der Waals surface area (Å²) in [5.74, 6) is 1.62. The molecule has 1 aromatic carbocycles. The Balaban J connectivity index is 2.17. The molecule has 3 unspecified atom stereocenters. The highest BCUT2D eigenvalue weighted by Gasteiger charge is 2.30. The van der Waals surface area contributed by atoms with Crippen molar-refractivity contribution in [1.29, 1.82) is 0 Å². The van der Waals surface area contributed by atoms with Gasteiger partial charge in [0.25, 0.3) is 0 Å². The first-order chi connectivity index (χ1) is 9.99. The predicted molar refractivity (Wildman–Crippen MR) is 89.1 cm³/mol. The second-order valence-electron chi connectivity index (χ2n) is 6.49. The molecule has 21 heavy (non-hydrogen) atoms. The molecule has 114 valence electrons. The molecule has 1 aromatic heterocycles. The van der Waals surface area contributed by atoms with Gasteiger partial charge in [0.2, 0.25) is 0 Å². The number of alkyl halides is 1. The van der Waals surface area contributed by atoms with Crippen molar-refractivity contribution >= 4 is 22.6 Å². The summed E-state index contributed by atoms with van der Waals surface area (Å²) in [6, 6.07) is 6.84. The second kappa shape index (κ2) is 5.62. The molecule has 1 aliphatic heterocycles. The van der Waals surface area contributed by atoms with Crippen molar-refractivity contribution in [3.63, 3.8) is 0 Å². The van der Waals surface area contributed by atoms with E-state index in [-0.39, 0.29) is 5.38 Å². The third-order valence-corrected chi connectivity index (χ3v) is 4.88. The fourth-order valence-corrected chi connectivity index (χ4v) is 3.83. The Kier molecular flexibility index (Phi) is 3.98. The van der Waals surface area contributed by atoms with Crippen LogP contribution in [0.5, 0.6) is 0 Å². The highest BCUT2D eigenvalue weighted by Crippen LogP contribution is 2.36. The van der Waals surface area contributed by atoms with Gasteiger partial charge in [0.1, 0.15) is 5.82 Å². The monoisotopic (exact) mass is 305 g/mol. The number of piperidine rings is 1. The van der Waals surface area contributed by atoms with E-state index in [0.29, 0.717) is 12.0 Å². The van der Waals surface area contributed by atoms with Crippen molar-refractivity contribution in [2.75, 3.05) is 20.1 Å². The highest BCUT2D eigenvalue weighted by atomic mass is 35.5. The summed E-state index contributed by atoms with van der Waals surface area (Å²) in [4.78, 5) is 7.23. The Labute approximate surface area is 131 Å². The lowest BCUT2D eigenvalue weighted by atomic mass is 9.93. The number of hydrogen-bond acceptors (Lipinski definition) is 2. The summed E-state index contributed by atoms with van der Waals surface area (Å²) in [5.41, 5.74) is 3.62. The average molecular weight is 306 g/mol. The van der Waals surface area contributed by atoms with Crippen LogP contribution in [0.1, 0.15) is 43.1 Å². The van der Waals surface area contributed by atoms with Gasteiger partial charge in [-0.3, -0.25) is 0 Å². The van der Waals surface area contributed by atoms with Crippen LogP contribution in [0.15, 0.2) is 18.2 Å². The number of benzene rings is 1. The van der Waals surface area contributed by atoms with Crippen LogP contribution in [0.4, 0.5) is 0 Å². The number of hydrogen-bond donors (Lipinski definition) is 0. The molecule has 3 nitrogen and oxygen atoms in total. The maximum absolute atomic E-state index is 6.43. The van der Waals surface area contributed by atoms with E-state index < -0.39 is 0 Å². The van der Waals surface area contributed by atoms with Crippen LogP contribution in [-0.4, -0.2) is 34.6 Å². The van der Waals surface area contributed by atoms with Gasteiger partial charge in [0.05, 0.1) is 16.4 Å². The molecule has 0 bridgehead atoms. The molecule has 2 heterocycles. The molecular weight excluding hydrogens is 282 g/mol. The second-order valence-corrected chi connectivity index (χ2v) is 7.15. The number of halogens is 1. The van der Waals surface area contributed by atoms with Crippen molar-refractivity contribution in [2.24, 2.45) is 5.92 Å². The van der Waals surface area contributed by atoms with Gasteiger partial charge in [0.15, 0.2) is 0 Å². The fraction of sp³-hybridized carbons (Fsp3) is 0.588. The topological polar surface area (TPSA) is 21.1 Å². The minimum Gasteiger partial charge on any atom is -0.323 e. The van der Waals surface area contributed by atoms with Crippen LogP contribution in [0.2, 0.25) is 0 Å². The van der Waals surface area contributed by atoms with E-state index in [1.807, 2.05) is 6.92 Å². The normalized spacial score (nSPS) is 25.4. The summed E-state index contributed by atoms with van der Waals surface area (Å²) < 4.78 is 2.43. The van der Waals surface area contributed by atoms with Gasteiger partial charge in [0, 0.05) is 12.6 Å². The number of aryl methyl sites for hydroxylation is 1. The lowest BCUT2D eigenvalue weighted by Gasteiger charge is -2.37. The Morgan fingerprint density at radius 2 is 2.14 bits per heavy atom. The van der Waals surface area contributed by atoms with Gasteiger partial charge in [-0.2, -0.15) is 0 Å². The van der Waals surface area contributed by atoms with E-state index >= 15 is 0 Å². The molecule has 0 N–H and O–H groups in total. The number of aromatic nitrogens is 2. The molecule has 0 radical (unpaired) electrons. The fourth-order valence-electron chi connectivity index (χ4n) is 3.68. The zero-order valence-corrected chi connectivity index (χ0v) is 14.1. The van der Waals surface area contributed by atoms with Gasteiger partial charge < -0.3 is 9.47 Å². The minimum atomic E-state index is -0.0661. The van der Waals surface area contributed by atoms with E-state index in [4.69, 9.17) is 16.6 Å². The molecule has 1 aliphatic rings. The van der Waals surface area contributed by atoms with Crippen molar-refractivity contribution in [3.05, 3.63) is 29.6 Å². The van der Waals surface area contributed by atoms with Crippen LogP contribution in [0, 0.1) is 12.8 Å². The zero-order valence-electron chi connectivity index (χ0n) is 13.3. The highest BCUT2D eigenvalue weighted by molar-refractivity contribution is 6.20. The van der Waals surface area contributed by atoms with E-state index in [1.54, 1.807) is 0 Å². The molecule has 2 aromatic rings. The first kappa shape index (κ1) is 14.9. The van der Waals surface area contributed by atoms with Crippen molar-refractivity contribution in [2.45, 2.75) is 38.6 Å². The standard InChI is InChI=1S/C17H24ClN3/c1-11-6-5-7-14-16(11)21(17(19-14)13(3)18)15-8-9-20(4)10-12(15)2/h5-7,12-13,15H,8-10H2,1-4H3. The quantitative estimate of drug-likeness (QED) is 0.777. The zero-order chi connectivity index (χ0) is 15.1. The summed E-state index contributed by atoms with van der Waals surface area (Å²) in [6.45, 7) is 8.80. The van der Waals surface area contributed by atoms with Crippen molar-refractivity contribution in [3.8, 4) is 0 Å². The summed E-state index contributed by atoms with van der Waals surface area (Å²) in [7, 11) is 2.20. The third-order valence-electron chi connectivity index (χ3n) is 4.69. The lowest BCUT2D eigenvalue weighted by Crippen LogP contribution is -2.38. The van der Waals surface area contributed by atoms with E-state index in [9.17, 15) is 0 Å². The van der Waals surface area contributed by atoms with Crippen LogP contribution >= 0.6 is 11.6 Å². The van der Waals surface area contributed by atoms with Crippen LogP contribution in [0.25, 0.3) is 11.0 Å². The summed E-state index contributed by atoms with van der Waals surface area (Å²) >= 11 is 6.43. The van der Waals surface area contributed by atoms with Crippen molar-refractivity contribution in [1.82, 2.24) is 14.5 Å². The Bertz CT molecular complexity index is 647. The van der Waals surface area contributed by atoms with Crippen molar-refractivity contribution < 1.29 is 0 Å². The van der Waals surface area contributed by atoms with Gasteiger partial charge in [-0.05, 0) is 51.4 Å². The predicted octanol–water partition coefficient (Wildman–Crippen LogP) is 4.16. The molecule has 0 saturated carbocycles. The van der Waals surface area contributed by atoms with Gasteiger partial charge in [-0.25, -0.2) is 4.98 Å².